The molecule has 0 spiro atoms. The van der Waals surface area contributed by atoms with Gasteiger partial charge in [0.2, 0.25) is 5.79 Å². The number of nitrogens with zero attached hydrogens (tertiary/aromatic N) is 2. The molecule has 1 saturated carbocycles. The van der Waals surface area contributed by atoms with E-state index in [1.165, 1.54) is 69.8 Å². The second-order valence-electron chi connectivity index (χ2n) is 18.9. The number of fused-ring (bicyclic) bond motifs is 2. The number of aliphatic hydroxyl groups is 2. The van der Waals surface area contributed by atoms with Gasteiger partial charge in [0.1, 0.15) is 36.2 Å². The molecule has 11 heteroatoms. The van der Waals surface area contributed by atoms with Gasteiger partial charge in [0.05, 0.1) is 24.8 Å². The second kappa shape index (κ2) is 26.2. The second-order valence-corrected chi connectivity index (χ2v) is 18.9. The highest BCUT2D eigenvalue weighted by molar-refractivity contribution is 6.03. The monoisotopic (exact) mass is 925 g/mol. The third-order valence-corrected chi connectivity index (χ3v) is 14.2. The van der Waals surface area contributed by atoms with Crippen LogP contribution in [-0.2, 0) is 20.9 Å². The molecular formula is C56H77FN2O8. The van der Waals surface area contributed by atoms with E-state index in [1.807, 2.05) is 24.3 Å². The van der Waals surface area contributed by atoms with Gasteiger partial charge in [-0.05, 0) is 123 Å². The summed E-state index contributed by atoms with van der Waals surface area (Å²) in [5.41, 5.74) is 5.61. The predicted molar refractivity (Wildman–Crippen MR) is 263 cm³/mol. The van der Waals surface area contributed by atoms with E-state index >= 15 is 0 Å². The standard InChI is InChI=1S/C56H77FN2O8/c1-6-8-9-10-11-12-13-14-15-20-34-64-55(62)59(39-42-24-26-44(57)27-25-42)52-38-50(58-63-5)48-36-43(21-16-18-31-60)47(22-17-19-32-61)53-49-37-46(66-45-28-23-40(3)41(4)35-45)29-30-51(49)67-56(52,54(48)53)65-33-7-2/h7,23-30,35-37,43,47,52-54,60-61H,2,6,8-22,31-34,38-39H2,1,3-5H3. The third-order valence-electron chi connectivity index (χ3n) is 14.2. The first-order valence-electron chi connectivity index (χ1n) is 25.2. The molecule has 0 radical (unpaired) electrons. The fourth-order valence-electron chi connectivity index (χ4n) is 10.7. The highest BCUT2D eigenvalue weighted by Gasteiger charge is 2.65. The van der Waals surface area contributed by atoms with E-state index in [1.54, 1.807) is 23.1 Å². The average Bonchev–Trinajstić information content (AvgIpc) is 3.32. The smallest absolute Gasteiger partial charge is 0.410 e. The summed E-state index contributed by atoms with van der Waals surface area (Å²) < 4.78 is 41.7. The summed E-state index contributed by atoms with van der Waals surface area (Å²) >= 11 is 0. The molecule has 0 bridgehead atoms. The largest absolute Gasteiger partial charge is 0.459 e. The fourth-order valence-corrected chi connectivity index (χ4v) is 10.7. The Kier molecular flexibility index (Phi) is 20.2. The van der Waals surface area contributed by atoms with Crippen LogP contribution in [-0.4, -0.2) is 72.3 Å². The van der Waals surface area contributed by atoms with E-state index in [4.69, 9.17) is 28.9 Å². The lowest BCUT2D eigenvalue weighted by Crippen LogP contribution is -2.70. The van der Waals surface area contributed by atoms with Gasteiger partial charge >= 0.3 is 6.09 Å². The van der Waals surface area contributed by atoms with Crippen LogP contribution in [0.5, 0.6) is 17.2 Å². The number of unbranched alkanes of at least 4 members (excludes halogenated alkanes) is 11. The molecule has 0 aromatic heterocycles. The summed E-state index contributed by atoms with van der Waals surface area (Å²) in [5.74, 6) is -0.424. The predicted octanol–water partition coefficient (Wildman–Crippen LogP) is 13.1. The van der Waals surface area contributed by atoms with Crippen molar-refractivity contribution in [3.63, 3.8) is 0 Å². The SMILES string of the molecule is C=CCOC12Oc3ccc(Oc4ccc(C)c(C)c4)cc3C3C(CCCCO)C(CCCCO)C=C(C(=NOC)CC1N(Cc1ccc(F)cc1)C(=O)OCCCCCCCCCCCC)C32. The van der Waals surface area contributed by atoms with Gasteiger partial charge in [-0.2, -0.15) is 0 Å². The first kappa shape index (κ1) is 51.7. The molecule has 3 aromatic rings. The highest BCUT2D eigenvalue weighted by atomic mass is 19.1. The minimum atomic E-state index is -1.47. The number of carbonyl (C=O) groups excluding carboxylic acids is 1. The molecule has 6 unspecified atom stereocenters. The van der Waals surface area contributed by atoms with E-state index in [9.17, 15) is 19.4 Å². The Labute approximate surface area is 399 Å². The highest BCUT2D eigenvalue weighted by Crippen LogP contribution is 2.62. The number of carbonyl (C=O) groups is 1. The number of benzene rings is 3. The Balaban J connectivity index is 1.44. The minimum absolute atomic E-state index is 0.0432. The zero-order chi connectivity index (χ0) is 47.6. The molecule has 1 fully saturated rings. The molecule has 10 nitrogen and oxygen atoms in total. The zero-order valence-corrected chi connectivity index (χ0v) is 40.7. The van der Waals surface area contributed by atoms with Gasteiger partial charge in [-0.25, -0.2) is 9.18 Å². The van der Waals surface area contributed by atoms with Crippen molar-refractivity contribution in [2.75, 3.05) is 33.5 Å². The van der Waals surface area contributed by atoms with Crippen molar-refractivity contribution in [1.29, 1.82) is 0 Å². The van der Waals surface area contributed by atoms with Crippen LogP contribution in [0, 0.1) is 37.4 Å². The van der Waals surface area contributed by atoms with Gasteiger partial charge < -0.3 is 34.0 Å². The summed E-state index contributed by atoms with van der Waals surface area (Å²) in [5, 5.41) is 24.7. The molecule has 67 heavy (non-hydrogen) atoms. The number of aliphatic hydroxyl groups excluding tert-OH is 2. The van der Waals surface area contributed by atoms with E-state index in [0.29, 0.717) is 30.1 Å². The quantitative estimate of drug-likeness (QED) is 0.0420. The van der Waals surface area contributed by atoms with E-state index in [0.717, 1.165) is 73.0 Å². The first-order chi connectivity index (χ1) is 32.7. The van der Waals surface area contributed by atoms with Crippen molar-refractivity contribution >= 4 is 11.8 Å². The molecule has 1 heterocycles. The molecule has 1 aliphatic heterocycles. The number of ether oxygens (including phenoxy) is 4. The van der Waals surface area contributed by atoms with Gasteiger partial charge in [-0.1, -0.05) is 113 Å². The van der Waals surface area contributed by atoms with Gasteiger partial charge in [0, 0.05) is 37.7 Å². The number of oxime groups is 1. The number of hydrogen-bond acceptors (Lipinski definition) is 9. The van der Waals surface area contributed by atoms with Gasteiger partial charge in [-0.15, -0.1) is 6.58 Å². The maximum absolute atomic E-state index is 14.9. The van der Waals surface area contributed by atoms with Crippen LogP contribution in [0.3, 0.4) is 0 Å². The molecule has 2 N–H and O–H groups in total. The number of aryl methyl sites for hydroxylation is 2. The normalized spacial score (nSPS) is 22.3. The maximum Gasteiger partial charge on any atom is 0.410 e. The van der Waals surface area contributed by atoms with E-state index in [-0.39, 0.29) is 63.0 Å². The number of hydrogen-bond donors (Lipinski definition) is 2. The lowest BCUT2D eigenvalue weighted by Gasteiger charge is -2.59. The Hall–Kier alpha value is -4.71. The maximum atomic E-state index is 14.9. The first-order valence-corrected chi connectivity index (χ1v) is 25.2. The Morgan fingerprint density at radius 3 is 2.21 bits per heavy atom. The zero-order valence-electron chi connectivity index (χ0n) is 40.7. The lowest BCUT2D eigenvalue weighted by molar-refractivity contribution is -0.256. The van der Waals surface area contributed by atoms with Crippen molar-refractivity contribution in [2.24, 2.45) is 22.9 Å². The molecule has 3 aliphatic rings. The van der Waals surface area contributed by atoms with Gasteiger partial charge in [0.25, 0.3) is 0 Å². The average molecular weight is 925 g/mol. The Morgan fingerprint density at radius 1 is 0.866 bits per heavy atom. The summed E-state index contributed by atoms with van der Waals surface area (Å²) in [4.78, 5) is 22.2. The van der Waals surface area contributed by atoms with E-state index in [2.05, 4.69) is 45.6 Å². The van der Waals surface area contributed by atoms with Gasteiger partial charge in [-0.3, -0.25) is 4.90 Å². The third kappa shape index (κ3) is 13.3. The van der Waals surface area contributed by atoms with Crippen LogP contribution in [0.4, 0.5) is 9.18 Å². The van der Waals surface area contributed by atoms with Crippen LogP contribution in [0.15, 0.2) is 90.1 Å². The van der Waals surface area contributed by atoms with Crippen LogP contribution < -0.4 is 9.47 Å². The van der Waals surface area contributed by atoms with Crippen molar-refractivity contribution in [1.82, 2.24) is 4.90 Å². The molecule has 366 valence electrons. The number of rotatable bonds is 28. The molecular weight excluding hydrogens is 848 g/mol. The summed E-state index contributed by atoms with van der Waals surface area (Å²) in [7, 11) is 1.54. The van der Waals surface area contributed by atoms with Crippen molar-refractivity contribution < 1.29 is 43.2 Å². The van der Waals surface area contributed by atoms with Crippen LogP contribution in [0.1, 0.15) is 144 Å². The summed E-state index contributed by atoms with van der Waals surface area (Å²) in [6, 6.07) is 17.4. The summed E-state index contributed by atoms with van der Waals surface area (Å²) in [6.07, 6.45) is 19.9. The molecule has 0 saturated heterocycles. The topological polar surface area (TPSA) is 119 Å². The number of halogens is 1. The Bertz CT molecular complexity index is 2090. The Morgan fingerprint density at radius 2 is 1.54 bits per heavy atom. The summed E-state index contributed by atoms with van der Waals surface area (Å²) in [6.45, 7) is 11.1. The van der Waals surface area contributed by atoms with Crippen LogP contribution >= 0.6 is 0 Å². The van der Waals surface area contributed by atoms with Crippen molar-refractivity contribution in [2.45, 2.75) is 154 Å². The van der Waals surface area contributed by atoms with Crippen LogP contribution in [0.25, 0.3) is 0 Å². The molecule has 6 atom stereocenters. The molecule has 1 amide bonds. The number of amides is 1. The molecule has 2 aliphatic carbocycles. The molecule has 6 rings (SSSR count). The van der Waals surface area contributed by atoms with Gasteiger partial charge in [0.15, 0.2) is 0 Å². The molecule has 3 aromatic carbocycles. The van der Waals surface area contributed by atoms with E-state index < -0.39 is 23.8 Å². The lowest BCUT2D eigenvalue weighted by atomic mass is 9.55. The number of allylic oxidation sites excluding steroid dienone is 1. The fraction of sp³-hybridized carbons (Fsp3) is 0.571. The van der Waals surface area contributed by atoms with Crippen molar-refractivity contribution in [3.05, 3.63) is 113 Å². The van der Waals surface area contributed by atoms with Crippen LogP contribution in [0.2, 0.25) is 0 Å². The van der Waals surface area contributed by atoms with Crippen molar-refractivity contribution in [3.8, 4) is 17.2 Å². The minimum Gasteiger partial charge on any atom is -0.459 e.